The molecule has 0 amide bonds. The van der Waals surface area contributed by atoms with Gasteiger partial charge in [-0.1, -0.05) is 6.07 Å². The highest BCUT2D eigenvalue weighted by Crippen LogP contribution is 2.41. The monoisotopic (exact) mass is 480 g/mol. The van der Waals surface area contributed by atoms with Crippen LogP contribution in [-0.2, 0) is 11.8 Å². The van der Waals surface area contributed by atoms with Crippen molar-refractivity contribution in [1.82, 2.24) is 15.0 Å². The van der Waals surface area contributed by atoms with Gasteiger partial charge in [-0.05, 0) is 55.9 Å². The van der Waals surface area contributed by atoms with E-state index in [4.69, 9.17) is 4.74 Å². The largest absolute Gasteiger partial charge is 0.480 e. The molecule has 176 valence electrons. The van der Waals surface area contributed by atoms with E-state index in [9.17, 15) is 23.4 Å². The van der Waals surface area contributed by atoms with Crippen molar-refractivity contribution in [2.75, 3.05) is 12.4 Å². The summed E-state index contributed by atoms with van der Waals surface area (Å²) in [7, 11) is 1.12. The third-order valence-electron chi connectivity index (χ3n) is 5.56. The lowest BCUT2D eigenvalue weighted by molar-refractivity contribution is -0.139. The number of aromatic nitrogens is 3. The van der Waals surface area contributed by atoms with Crippen LogP contribution >= 0.6 is 11.3 Å². The minimum Gasteiger partial charge on any atom is -0.480 e. The van der Waals surface area contributed by atoms with Crippen molar-refractivity contribution in [3.8, 4) is 16.3 Å². The maximum Gasteiger partial charge on any atom is 0.423 e. The molecule has 1 aliphatic rings. The van der Waals surface area contributed by atoms with Gasteiger partial charge < -0.3 is 20.3 Å². The summed E-state index contributed by atoms with van der Waals surface area (Å²) in [5.74, 6) is -0.595. The first-order valence-corrected chi connectivity index (χ1v) is 11.1. The van der Waals surface area contributed by atoms with E-state index in [-0.39, 0.29) is 12.1 Å². The summed E-state index contributed by atoms with van der Waals surface area (Å²) in [5.41, 5.74) is 0.229. The second-order valence-electron chi connectivity index (χ2n) is 8.12. The molecule has 11 heteroatoms. The Morgan fingerprint density at radius 3 is 2.55 bits per heavy atom. The van der Waals surface area contributed by atoms with Crippen LogP contribution in [0.25, 0.3) is 10.4 Å². The maximum atomic E-state index is 13.1. The van der Waals surface area contributed by atoms with Gasteiger partial charge in [-0.2, -0.15) is 18.2 Å². The second-order valence-corrected chi connectivity index (χ2v) is 9.15. The molecule has 1 aliphatic carbocycles. The first kappa shape index (κ1) is 23.4. The molecule has 0 radical (unpaired) electrons. The van der Waals surface area contributed by atoms with Crippen LogP contribution in [0.3, 0.4) is 0 Å². The van der Waals surface area contributed by atoms with Gasteiger partial charge in [0.15, 0.2) is 0 Å². The van der Waals surface area contributed by atoms with Crippen molar-refractivity contribution < 1.29 is 28.1 Å². The molecule has 2 aromatic heterocycles. The van der Waals surface area contributed by atoms with Crippen LogP contribution in [0.1, 0.15) is 41.8 Å². The molecule has 0 spiro atoms. The van der Waals surface area contributed by atoms with Gasteiger partial charge in [-0.25, -0.2) is 9.97 Å². The first-order valence-electron chi connectivity index (χ1n) is 10.3. The standard InChI is InChI=1S/C22H23F3N4O3S/c1-12-7-13(17-11-26-19(33-17)21(31)5-3-15(30)4-6-21)9-14(8-12)28-20-27-10-16(22(23,24)25)18(29-20)32-2/h7-11,15,30-31H,3-6H2,1-2H3,(H,27,28,29). The van der Waals surface area contributed by atoms with Gasteiger partial charge in [0.05, 0.1) is 18.1 Å². The molecule has 1 aromatic carbocycles. The Kier molecular flexibility index (Phi) is 6.30. The number of ether oxygens (including phenoxy) is 1. The molecule has 2 heterocycles. The fourth-order valence-electron chi connectivity index (χ4n) is 3.82. The van der Waals surface area contributed by atoms with E-state index in [1.807, 2.05) is 25.1 Å². The quantitative estimate of drug-likeness (QED) is 0.482. The summed E-state index contributed by atoms with van der Waals surface area (Å²) >= 11 is 1.38. The number of alkyl halides is 3. The van der Waals surface area contributed by atoms with Crippen LogP contribution in [0.2, 0.25) is 0 Å². The maximum absolute atomic E-state index is 13.1. The van der Waals surface area contributed by atoms with Crippen molar-refractivity contribution in [3.05, 3.63) is 46.7 Å². The van der Waals surface area contributed by atoms with E-state index < -0.39 is 23.2 Å². The minimum atomic E-state index is -4.62. The van der Waals surface area contributed by atoms with Crippen molar-refractivity contribution in [2.24, 2.45) is 0 Å². The summed E-state index contributed by atoms with van der Waals surface area (Å²) in [4.78, 5) is 12.9. The van der Waals surface area contributed by atoms with Crippen molar-refractivity contribution in [1.29, 1.82) is 0 Å². The van der Waals surface area contributed by atoms with E-state index >= 15 is 0 Å². The molecule has 0 atom stereocenters. The zero-order valence-corrected chi connectivity index (χ0v) is 18.8. The number of rotatable bonds is 5. The Balaban J connectivity index is 1.59. The van der Waals surface area contributed by atoms with Gasteiger partial charge in [-0.15, -0.1) is 11.3 Å². The molecule has 4 rings (SSSR count). The molecular weight excluding hydrogens is 457 g/mol. The summed E-state index contributed by atoms with van der Waals surface area (Å²) in [5, 5.41) is 24.2. The van der Waals surface area contributed by atoms with Gasteiger partial charge in [0.1, 0.15) is 16.2 Å². The van der Waals surface area contributed by atoms with Crippen LogP contribution in [-0.4, -0.2) is 38.4 Å². The Morgan fingerprint density at radius 1 is 1.15 bits per heavy atom. The molecule has 7 nitrogen and oxygen atoms in total. The topological polar surface area (TPSA) is 100 Å². The first-order chi connectivity index (χ1) is 15.6. The number of aliphatic hydroxyl groups is 2. The van der Waals surface area contributed by atoms with E-state index in [1.165, 1.54) is 11.3 Å². The number of anilines is 2. The SMILES string of the molecule is COc1nc(Nc2cc(C)cc(-c3cnc(C4(O)CCC(O)CC4)s3)c2)ncc1C(F)(F)F. The Hall–Kier alpha value is -2.76. The molecule has 0 unspecified atom stereocenters. The lowest BCUT2D eigenvalue weighted by atomic mass is 9.84. The van der Waals surface area contributed by atoms with Crippen LogP contribution in [0.15, 0.2) is 30.6 Å². The molecule has 0 saturated heterocycles. The Bertz CT molecular complexity index is 1140. The number of methoxy groups -OCH3 is 1. The molecule has 3 aromatic rings. The highest BCUT2D eigenvalue weighted by Gasteiger charge is 2.37. The molecule has 0 aliphatic heterocycles. The molecule has 3 N–H and O–H groups in total. The number of nitrogens with one attached hydrogen (secondary N) is 1. The van der Waals surface area contributed by atoms with Gasteiger partial charge in [0.25, 0.3) is 0 Å². The summed E-state index contributed by atoms with van der Waals surface area (Å²) in [6.45, 7) is 1.89. The van der Waals surface area contributed by atoms with Crippen molar-refractivity contribution >= 4 is 23.0 Å². The highest BCUT2D eigenvalue weighted by molar-refractivity contribution is 7.15. The number of benzene rings is 1. The van der Waals surface area contributed by atoms with Crippen LogP contribution in [0, 0.1) is 6.92 Å². The predicted molar refractivity (Wildman–Crippen MR) is 118 cm³/mol. The summed E-state index contributed by atoms with van der Waals surface area (Å²) < 4.78 is 44.0. The molecule has 33 heavy (non-hydrogen) atoms. The third kappa shape index (κ3) is 5.10. The van der Waals surface area contributed by atoms with Crippen molar-refractivity contribution in [3.63, 3.8) is 0 Å². The van der Waals surface area contributed by atoms with Gasteiger partial charge in [0, 0.05) is 18.1 Å². The Labute approximate surface area is 192 Å². The third-order valence-corrected chi connectivity index (χ3v) is 6.80. The Morgan fingerprint density at radius 2 is 1.88 bits per heavy atom. The average Bonchev–Trinajstić information content (AvgIpc) is 3.26. The lowest BCUT2D eigenvalue weighted by Crippen LogP contribution is -2.33. The smallest absolute Gasteiger partial charge is 0.423 e. The zero-order valence-electron chi connectivity index (χ0n) is 18.0. The predicted octanol–water partition coefficient (Wildman–Crippen LogP) is 4.80. The van der Waals surface area contributed by atoms with Crippen molar-refractivity contribution in [2.45, 2.75) is 50.5 Å². The normalized spacial score (nSPS) is 21.1. The number of hydrogen-bond donors (Lipinski definition) is 3. The second kappa shape index (κ2) is 8.88. The summed E-state index contributed by atoms with van der Waals surface area (Å²) in [6, 6.07) is 5.58. The number of aryl methyl sites for hydroxylation is 1. The number of hydrogen-bond acceptors (Lipinski definition) is 8. The number of aliphatic hydroxyl groups excluding tert-OH is 1. The molecule has 1 fully saturated rings. The molecular formula is C22H23F3N4O3S. The molecule has 1 saturated carbocycles. The van der Waals surface area contributed by atoms with Crippen LogP contribution in [0.5, 0.6) is 5.88 Å². The lowest BCUT2D eigenvalue weighted by Gasteiger charge is -2.32. The average molecular weight is 481 g/mol. The minimum absolute atomic E-state index is 0.0310. The van der Waals surface area contributed by atoms with Crippen LogP contribution in [0.4, 0.5) is 24.8 Å². The molecule has 0 bridgehead atoms. The van der Waals surface area contributed by atoms with Gasteiger partial charge in [-0.3, -0.25) is 0 Å². The fraction of sp³-hybridized carbons (Fsp3) is 0.409. The summed E-state index contributed by atoms with van der Waals surface area (Å²) in [6.07, 6.45) is -0.669. The van der Waals surface area contributed by atoms with Gasteiger partial charge >= 0.3 is 6.18 Å². The number of nitrogens with zero attached hydrogens (tertiary/aromatic N) is 3. The number of halogens is 3. The van der Waals surface area contributed by atoms with Gasteiger partial charge in [0.2, 0.25) is 11.8 Å². The fourth-order valence-corrected chi connectivity index (χ4v) is 4.87. The number of thiazole rings is 1. The van der Waals surface area contributed by atoms with E-state index in [2.05, 4.69) is 20.3 Å². The van der Waals surface area contributed by atoms with Crippen LogP contribution < -0.4 is 10.1 Å². The van der Waals surface area contributed by atoms with E-state index in [1.54, 1.807) is 6.20 Å². The van der Waals surface area contributed by atoms with E-state index in [0.29, 0.717) is 42.6 Å². The van der Waals surface area contributed by atoms with E-state index in [0.717, 1.165) is 23.1 Å². The highest BCUT2D eigenvalue weighted by atomic mass is 32.1. The zero-order chi connectivity index (χ0) is 23.8.